The quantitative estimate of drug-likeness (QED) is 0.810. The van der Waals surface area contributed by atoms with Gasteiger partial charge in [0.1, 0.15) is 0 Å². The van der Waals surface area contributed by atoms with Crippen molar-refractivity contribution in [2.45, 2.75) is 6.92 Å². The number of nitrogens with one attached hydrogen (secondary N) is 2. The van der Waals surface area contributed by atoms with E-state index in [1.54, 1.807) is 12.3 Å². The van der Waals surface area contributed by atoms with Crippen molar-refractivity contribution in [2.75, 3.05) is 10.6 Å². The van der Waals surface area contributed by atoms with E-state index in [9.17, 15) is 9.59 Å². The Labute approximate surface area is 125 Å². The van der Waals surface area contributed by atoms with Crippen molar-refractivity contribution in [3.8, 4) is 0 Å². The van der Waals surface area contributed by atoms with Gasteiger partial charge >= 0.3 is 12.0 Å². The standard InChI is InChI=1S/C14H12ClN3O3/c1-8-4-10(7-16-6-8)17-14(21)18-12-5-9(13(19)20)2-3-11(12)15/h2-7H,1H3,(H,19,20)(H2,17,18,21). The van der Waals surface area contributed by atoms with Crippen LogP contribution in [0.25, 0.3) is 0 Å². The molecule has 0 aliphatic rings. The number of aryl methyl sites for hydroxylation is 1. The maximum absolute atomic E-state index is 11.9. The first-order valence-corrected chi connectivity index (χ1v) is 6.36. The van der Waals surface area contributed by atoms with E-state index < -0.39 is 12.0 Å². The first-order chi connectivity index (χ1) is 9.95. The number of aromatic carboxylic acids is 1. The number of rotatable bonds is 3. The summed E-state index contributed by atoms with van der Waals surface area (Å²) in [5.41, 5.74) is 1.68. The fourth-order valence-electron chi connectivity index (χ4n) is 1.66. The molecule has 108 valence electrons. The Morgan fingerprint density at radius 1 is 1.19 bits per heavy atom. The van der Waals surface area contributed by atoms with Gasteiger partial charge in [0.25, 0.3) is 0 Å². The van der Waals surface area contributed by atoms with Gasteiger partial charge in [0.2, 0.25) is 0 Å². The van der Waals surface area contributed by atoms with Crippen molar-refractivity contribution in [1.29, 1.82) is 0 Å². The number of nitrogens with zero attached hydrogens (tertiary/aromatic N) is 1. The molecule has 1 heterocycles. The van der Waals surface area contributed by atoms with Gasteiger partial charge < -0.3 is 15.7 Å². The first kappa shape index (κ1) is 14.8. The van der Waals surface area contributed by atoms with Gasteiger partial charge in [-0.15, -0.1) is 0 Å². The van der Waals surface area contributed by atoms with E-state index in [0.29, 0.717) is 5.69 Å². The monoisotopic (exact) mass is 305 g/mol. The second kappa shape index (κ2) is 6.23. The predicted molar refractivity (Wildman–Crippen MR) is 80.0 cm³/mol. The number of carbonyl (C=O) groups is 2. The van der Waals surface area contributed by atoms with Crippen LogP contribution in [0, 0.1) is 6.92 Å². The lowest BCUT2D eigenvalue weighted by molar-refractivity contribution is 0.0697. The third-order valence-corrected chi connectivity index (χ3v) is 2.92. The minimum Gasteiger partial charge on any atom is -0.478 e. The highest BCUT2D eigenvalue weighted by Gasteiger charge is 2.10. The Morgan fingerprint density at radius 2 is 1.95 bits per heavy atom. The minimum atomic E-state index is -1.10. The van der Waals surface area contributed by atoms with Gasteiger partial charge in [0.05, 0.1) is 28.2 Å². The van der Waals surface area contributed by atoms with E-state index in [1.807, 2.05) is 6.92 Å². The van der Waals surface area contributed by atoms with Crippen LogP contribution >= 0.6 is 11.6 Å². The highest BCUT2D eigenvalue weighted by Crippen LogP contribution is 2.23. The third kappa shape index (κ3) is 3.93. The number of anilines is 2. The van der Waals surface area contributed by atoms with Crippen LogP contribution in [-0.4, -0.2) is 22.1 Å². The molecule has 1 aromatic carbocycles. The molecular weight excluding hydrogens is 294 g/mol. The zero-order chi connectivity index (χ0) is 15.4. The molecule has 6 nitrogen and oxygen atoms in total. The van der Waals surface area contributed by atoms with Gasteiger partial charge in [-0.2, -0.15) is 0 Å². The molecule has 1 aromatic heterocycles. The van der Waals surface area contributed by atoms with Gasteiger partial charge in [-0.05, 0) is 36.8 Å². The van der Waals surface area contributed by atoms with Gasteiger partial charge in [-0.3, -0.25) is 4.98 Å². The molecule has 0 spiro atoms. The van der Waals surface area contributed by atoms with Crippen molar-refractivity contribution in [2.24, 2.45) is 0 Å². The van der Waals surface area contributed by atoms with Gasteiger partial charge in [-0.25, -0.2) is 9.59 Å². The maximum Gasteiger partial charge on any atom is 0.335 e. The van der Waals surface area contributed by atoms with Crippen LogP contribution in [0.5, 0.6) is 0 Å². The maximum atomic E-state index is 11.9. The fraction of sp³-hybridized carbons (Fsp3) is 0.0714. The van der Waals surface area contributed by atoms with Gasteiger partial charge in [0.15, 0.2) is 0 Å². The van der Waals surface area contributed by atoms with Gasteiger partial charge in [0, 0.05) is 6.20 Å². The molecule has 0 aliphatic heterocycles. The lowest BCUT2D eigenvalue weighted by atomic mass is 10.2. The van der Waals surface area contributed by atoms with E-state index >= 15 is 0 Å². The van der Waals surface area contributed by atoms with E-state index in [0.717, 1.165) is 5.56 Å². The highest BCUT2D eigenvalue weighted by molar-refractivity contribution is 6.34. The zero-order valence-electron chi connectivity index (χ0n) is 11.1. The van der Waals surface area contributed by atoms with Crippen LogP contribution in [-0.2, 0) is 0 Å². The number of halogens is 1. The first-order valence-electron chi connectivity index (χ1n) is 5.98. The number of aromatic nitrogens is 1. The predicted octanol–water partition coefficient (Wildman–Crippen LogP) is 3.39. The topological polar surface area (TPSA) is 91.3 Å². The Morgan fingerprint density at radius 3 is 2.62 bits per heavy atom. The minimum absolute atomic E-state index is 0.0342. The number of carboxylic acids is 1. The number of carboxylic acid groups (broad SMARTS) is 1. The molecule has 3 N–H and O–H groups in total. The zero-order valence-corrected chi connectivity index (χ0v) is 11.8. The largest absolute Gasteiger partial charge is 0.478 e. The molecule has 2 aromatic rings. The smallest absolute Gasteiger partial charge is 0.335 e. The lowest BCUT2D eigenvalue weighted by Crippen LogP contribution is -2.20. The molecule has 7 heteroatoms. The number of amides is 2. The van der Waals surface area contributed by atoms with Crippen LogP contribution in [0.1, 0.15) is 15.9 Å². The molecule has 2 rings (SSSR count). The summed E-state index contributed by atoms with van der Waals surface area (Å²) in [5, 5.41) is 14.3. The molecule has 21 heavy (non-hydrogen) atoms. The summed E-state index contributed by atoms with van der Waals surface area (Å²) in [7, 11) is 0. The van der Waals surface area contributed by atoms with Crippen molar-refractivity contribution < 1.29 is 14.7 Å². The number of carbonyl (C=O) groups excluding carboxylic acids is 1. The number of pyridine rings is 1. The van der Waals surface area contributed by atoms with Crippen LogP contribution in [0.4, 0.5) is 16.2 Å². The van der Waals surface area contributed by atoms with Crippen LogP contribution < -0.4 is 10.6 Å². The molecule has 2 amide bonds. The lowest BCUT2D eigenvalue weighted by Gasteiger charge is -2.10. The summed E-state index contributed by atoms with van der Waals surface area (Å²) in [4.78, 5) is 26.7. The molecule has 0 saturated carbocycles. The fourth-order valence-corrected chi connectivity index (χ4v) is 1.83. The van der Waals surface area contributed by atoms with E-state index in [-0.39, 0.29) is 16.3 Å². The van der Waals surface area contributed by atoms with Crippen molar-refractivity contribution >= 4 is 35.0 Å². The molecule has 0 fully saturated rings. The summed E-state index contributed by atoms with van der Waals surface area (Å²) in [6.07, 6.45) is 3.16. The molecule has 0 bridgehead atoms. The van der Waals surface area contributed by atoms with Gasteiger partial charge in [-0.1, -0.05) is 11.6 Å². The summed E-state index contributed by atoms with van der Waals surface area (Å²) in [5.74, 6) is -1.10. The second-order valence-corrected chi connectivity index (χ2v) is 4.74. The molecule has 0 radical (unpaired) electrons. The summed E-state index contributed by atoms with van der Waals surface area (Å²) < 4.78 is 0. The number of hydrogen-bond acceptors (Lipinski definition) is 3. The molecule has 0 aliphatic carbocycles. The second-order valence-electron chi connectivity index (χ2n) is 4.33. The third-order valence-electron chi connectivity index (χ3n) is 2.59. The Balaban J connectivity index is 2.12. The number of hydrogen-bond donors (Lipinski definition) is 3. The number of urea groups is 1. The molecule has 0 atom stereocenters. The van der Waals surface area contributed by atoms with E-state index in [1.165, 1.54) is 24.4 Å². The molecule has 0 unspecified atom stereocenters. The SMILES string of the molecule is Cc1cncc(NC(=O)Nc2cc(C(=O)O)ccc2Cl)c1. The summed E-state index contributed by atoms with van der Waals surface area (Å²) >= 11 is 5.93. The van der Waals surface area contributed by atoms with Crippen LogP contribution in [0.3, 0.4) is 0 Å². The van der Waals surface area contributed by atoms with Crippen molar-refractivity contribution in [3.05, 3.63) is 52.8 Å². The Bertz CT molecular complexity index is 704. The van der Waals surface area contributed by atoms with E-state index in [2.05, 4.69) is 15.6 Å². The van der Waals surface area contributed by atoms with Crippen LogP contribution in [0.15, 0.2) is 36.7 Å². The highest BCUT2D eigenvalue weighted by atomic mass is 35.5. The Kier molecular flexibility index (Phi) is 4.39. The molecule has 0 saturated heterocycles. The Hall–Kier alpha value is -2.60. The average molecular weight is 306 g/mol. The summed E-state index contributed by atoms with van der Waals surface area (Å²) in [6.45, 7) is 1.85. The van der Waals surface area contributed by atoms with Crippen LogP contribution in [0.2, 0.25) is 5.02 Å². The molecular formula is C14H12ClN3O3. The number of benzene rings is 1. The normalized spacial score (nSPS) is 10.0. The van der Waals surface area contributed by atoms with Crippen molar-refractivity contribution in [1.82, 2.24) is 4.98 Å². The summed E-state index contributed by atoms with van der Waals surface area (Å²) in [6, 6.07) is 5.28. The van der Waals surface area contributed by atoms with Crippen molar-refractivity contribution in [3.63, 3.8) is 0 Å². The average Bonchev–Trinajstić information content (AvgIpc) is 2.41. The van der Waals surface area contributed by atoms with E-state index in [4.69, 9.17) is 16.7 Å².